The van der Waals surface area contributed by atoms with Gasteiger partial charge in [-0.25, -0.2) is 18.6 Å². The molecule has 13 heteroatoms. The Morgan fingerprint density at radius 2 is 1.91 bits per heavy atom. The van der Waals surface area contributed by atoms with Crippen LogP contribution in [0.15, 0.2) is 47.2 Å². The first kappa shape index (κ1) is 23.3. The van der Waals surface area contributed by atoms with Gasteiger partial charge in [-0.05, 0) is 31.2 Å². The first-order valence-electron chi connectivity index (χ1n) is 9.07. The molecule has 0 aliphatic heterocycles. The highest BCUT2D eigenvalue weighted by atomic mass is 32.2. The third kappa shape index (κ3) is 5.28. The number of rotatable bonds is 5. The lowest BCUT2D eigenvalue weighted by atomic mass is 10.1. The molecule has 0 radical (unpaired) electrons. The minimum absolute atomic E-state index is 0.206. The van der Waals surface area contributed by atoms with E-state index < -0.39 is 44.8 Å². The molecule has 0 bridgehead atoms. The second-order valence-electron chi connectivity index (χ2n) is 7.04. The average Bonchev–Trinajstić information content (AvgIpc) is 3.16. The van der Waals surface area contributed by atoms with Gasteiger partial charge >= 0.3 is 6.18 Å². The van der Waals surface area contributed by atoms with Crippen molar-refractivity contribution in [1.82, 2.24) is 25.1 Å². The van der Waals surface area contributed by atoms with Gasteiger partial charge in [0, 0.05) is 22.2 Å². The first-order valence-corrected chi connectivity index (χ1v) is 11.4. The number of halogens is 4. The predicted molar refractivity (Wildman–Crippen MR) is 109 cm³/mol. The molecule has 0 fully saturated rings. The van der Waals surface area contributed by atoms with Crippen molar-refractivity contribution in [2.45, 2.75) is 19.1 Å². The lowest BCUT2D eigenvalue weighted by Gasteiger charge is -2.16. The van der Waals surface area contributed by atoms with E-state index in [1.54, 1.807) is 12.1 Å². The van der Waals surface area contributed by atoms with Crippen molar-refractivity contribution in [2.75, 3.05) is 12.5 Å². The van der Waals surface area contributed by atoms with E-state index in [0.717, 1.165) is 12.1 Å². The van der Waals surface area contributed by atoms with E-state index in [1.807, 2.05) is 0 Å². The standard InChI is InChI=1S/C19H18F4N6O2S/c1-11(27-18(30)13-5-4-6-14(16(13)20)19(21,22)23)17-25-10-26-29(17)15-8-7-12(9-24-15)28-32(2,3)31/h4-11H,1-3H3,(H,27,30)/t11-/m0/s1. The SMILES string of the molecule is C[C@H](NC(=O)c1cccc(C(F)(F)F)c1F)c1ncnn1-c1ccc(N=S(C)(C)=O)cn1. The number of carbonyl (C=O) groups is 1. The summed E-state index contributed by atoms with van der Waals surface area (Å²) in [4.78, 5) is 20.7. The van der Waals surface area contributed by atoms with Crippen molar-refractivity contribution in [3.63, 3.8) is 0 Å². The zero-order valence-corrected chi connectivity index (χ0v) is 17.9. The summed E-state index contributed by atoms with van der Waals surface area (Å²) in [5.41, 5.74) is -1.88. The topological polar surface area (TPSA) is 102 Å². The van der Waals surface area contributed by atoms with E-state index in [-0.39, 0.29) is 5.82 Å². The highest BCUT2D eigenvalue weighted by Gasteiger charge is 2.36. The van der Waals surface area contributed by atoms with E-state index in [1.165, 1.54) is 36.6 Å². The molecule has 0 aliphatic rings. The van der Waals surface area contributed by atoms with E-state index in [9.17, 15) is 26.6 Å². The second-order valence-corrected chi connectivity index (χ2v) is 9.58. The number of amides is 1. The quantitative estimate of drug-likeness (QED) is 0.574. The summed E-state index contributed by atoms with van der Waals surface area (Å²) in [5.74, 6) is -2.19. The molecule has 0 saturated carbocycles. The summed E-state index contributed by atoms with van der Waals surface area (Å²) in [7, 11) is -2.37. The zero-order chi connectivity index (χ0) is 23.7. The molecule has 3 aromatic rings. The third-order valence-corrected chi connectivity index (χ3v) is 4.78. The minimum atomic E-state index is -4.93. The fourth-order valence-electron chi connectivity index (χ4n) is 2.80. The van der Waals surface area contributed by atoms with E-state index in [4.69, 9.17) is 0 Å². The van der Waals surface area contributed by atoms with Crippen LogP contribution in [-0.2, 0) is 15.9 Å². The van der Waals surface area contributed by atoms with Gasteiger partial charge in [0.15, 0.2) is 11.6 Å². The molecule has 2 heterocycles. The molecule has 3 rings (SSSR count). The Bertz CT molecular complexity index is 1260. The number of benzene rings is 1. The maximum absolute atomic E-state index is 14.3. The van der Waals surface area contributed by atoms with Crippen LogP contribution in [0.2, 0.25) is 0 Å². The minimum Gasteiger partial charge on any atom is -0.342 e. The number of hydrogen-bond donors (Lipinski definition) is 1. The van der Waals surface area contributed by atoms with Crippen LogP contribution in [0.25, 0.3) is 5.82 Å². The number of pyridine rings is 1. The molecule has 8 nitrogen and oxygen atoms in total. The van der Waals surface area contributed by atoms with Crippen molar-refractivity contribution < 1.29 is 26.6 Å². The van der Waals surface area contributed by atoms with Gasteiger partial charge < -0.3 is 5.32 Å². The van der Waals surface area contributed by atoms with Gasteiger partial charge in [0.1, 0.15) is 12.1 Å². The molecule has 1 aromatic carbocycles. The summed E-state index contributed by atoms with van der Waals surface area (Å²) in [6, 6.07) is 4.74. The first-order chi connectivity index (χ1) is 14.9. The predicted octanol–water partition coefficient (Wildman–Crippen LogP) is 3.67. The lowest BCUT2D eigenvalue weighted by Crippen LogP contribution is -2.30. The van der Waals surface area contributed by atoms with Crippen molar-refractivity contribution in [2.24, 2.45) is 4.36 Å². The molecule has 0 unspecified atom stereocenters. The monoisotopic (exact) mass is 470 g/mol. The Balaban J connectivity index is 1.84. The van der Waals surface area contributed by atoms with Crippen LogP contribution in [0.1, 0.15) is 34.7 Å². The number of hydrogen-bond acceptors (Lipinski definition) is 6. The fourth-order valence-corrected chi connectivity index (χ4v) is 3.41. The zero-order valence-electron chi connectivity index (χ0n) is 17.1. The van der Waals surface area contributed by atoms with Crippen LogP contribution >= 0.6 is 0 Å². The summed E-state index contributed by atoms with van der Waals surface area (Å²) < 4.78 is 70.1. The average molecular weight is 470 g/mol. The molecule has 0 aliphatic carbocycles. The molecule has 1 atom stereocenters. The summed E-state index contributed by atoms with van der Waals surface area (Å²) in [6.45, 7) is 1.51. The van der Waals surface area contributed by atoms with Gasteiger partial charge in [0.2, 0.25) is 0 Å². The number of nitrogens with zero attached hydrogens (tertiary/aromatic N) is 5. The second kappa shape index (κ2) is 8.65. The maximum Gasteiger partial charge on any atom is 0.419 e. The molecule has 0 saturated heterocycles. The summed E-state index contributed by atoms with van der Waals surface area (Å²) >= 11 is 0. The third-order valence-electron chi connectivity index (χ3n) is 4.13. The summed E-state index contributed by atoms with van der Waals surface area (Å²) in [6.07, 6.45) is 0.615. The van der Waals surface area contributed by atoms with Crippen LogP contribution in [-0.4, -0.2) is 42.4 Å². The van der Waals surface area contributed by atoms with Crippen molar-refractivity contribution in [1.29, 1.82) is 0 Å². The Kier molecular flexibility index (Phi) is 6.30. The highest BCUT2D eigenvalue weighted by molar-refractivity contribution is 7.92. The van der Waals surface area contributed by atoms with Gasteiger partial charge in [-0.3, -0.25) is 4.79 Å². The van der Waals surface area contributed by atoms with Crippen LogP contribution in [0, 0.1) is 5.82 Å². The van der Waals surface area contributed by atoms with E-state index in [0.29, 0.717) is 17.6 Å². The Hall–Kier alpha value is -3.35. The highest BCUT2D eigenvalue weighted by Crippen LogP contribution is 2.32. The van der Waals surface area contributed by atoms with Crippen LogP contribution in [0.4, 0.5) is 23.2 Å². The molecular weight excluding hydrogens is 452 g/mol. The molecule has 2 aromatic heterocycles. The molecule has 1 N–H and O–H groups in total. The van der Waals surface area contributed by atoms with E-state index >= 15 is 0 Å². The number of nitrogens with one attached hydrogen (secondary N) is 1. The van der Waals surface area contributed by atoms with Crippen LogP contribution in [0.5, 0.6) is 0 Å². The molecule has 0 spiro atoms. The maximum atomic E-state index is 14.3. The number of aromatic nitrogens is 4. The van der Waals surface area contributed by atoms with Gasteiger partial charge in [-0.2, -0.15) is 27.3 Å². The summed E-state index contributed by atoms with van der Waals surface area (Å²) in [5, 5.41) is 6.45. The largest absolute Gasteiger partial charge is 0.419 e. The number of alkyl halides is 3. The Morgan fingerprint density at radius 3 is 2.50 bits per heavy atom. The van der Waals surface area contributed by atoms with Gasteiger partial charge in [-0.15, -0.1) is 0 Å². The van der Waals surface area contributed by atoms with Crippen molar-refractivity contribution in [3.8, 4) is 5.82 Å². The fraction of sp³-hybridized carbons (Fsp3) is 0.263. The Morgan fingerprint density at radius 1 is 1.19 bits per heavy atom. The normalized spacial score (nSPS) is 13.0. The molecule has 170 valence electrons. The van der Waals surface area contributed by atoms with Gasteiger partial charge in [-0.1, -0.05) is 6.07 Å². The van der Waals surface area contributed by atoms with E-state index in [2.05, 4.69) is 24.7 Å². The Labute approximate surface area is 180 Å². The van der Waals surface area contributed by atoms with Gasteiger partial charge in [0.05, 0.1) is 29.1 Å². The molecule has 32 heavy (non-hydrogen) atoms. The molecule has 1 amide bonds. The smallest absolute Gasteiger partial charge is 0.342 e. The number of carbonyl (C=O) groups excluding carboxylic acids is 1. The van der Waals surface area contributed by atoms with Gasteiger partial charge in [0.25, 0.3) is 5.91 Å². The van der Waals surface area contributed by atoms with Crippen molar-refractivity contribution >= 4 is 21.3 Å². The van der Waals surface area contributed by atoms with Crippen LogP contribution in [0.3, 0.4) is 0 Å². The molecular formula is C19H18F4N6O2S. The lowest BCUT2D eigenvalue weighted by molar-refractivity contribution is -0.140. The van der Waals surface area contributed by atoms with Crippen molar-refractivity contribution in [3.05, 3.63) is 65.6 Å². The van der Waals surface area contributed by atoms with Crippen LogP contribution < -0.4 is 5.32 Å².